The maximum atomic E-state index is 12.2. The number of carbonyl (C=O) groups excluding carboxylic acids is 1. The van der Waals surface area contributed by atoms with Gasteiger partial charge in [-0.3, -0.25) is 14.4 Å². The fraction of sp³-hybridized carbons (Fsp3) is 0.545. The number of H-pyrrole nitrogens is 1. The number of carbonyl (C=O) groups is 2. The average Bonchev–Trinajstić information content (AvgIpc) is 2.67. The molecule has 1 aromatic heterocycles. The normalized spacial score (nSPS) is 19.8. The van der Waals surface area contributed by atoms with E-state index in [1.54, 1.807) is 6.92 Å². The minimum absolute atomic E-state index is 0.222. The Hall–Kier alpha value is -1.63. The lowest BCUT2D eigenvalue weighted by atomic mass is 9.98. The molecule has 1 saturated heterocycles. The number of aromatic amines is 1. The van der Waals surface area contributed by atoms with Crippen molar-refractivity contribution in [3.8, 4) is 0 Å². The van der Waals surface area contributed by atoms with Crippen LogP contribution in [-0.4, -0.2) is 40.0 Å². The van der Waals surface area contributed by atoms with Crippen LogP contribution >= 0.6 is 11.3 Å². The summed E-state index contributed by atoms with van der Waals surface area (Å²) in [6, 6.07) is 0. The first-order valence-electron chi connectivity index (χ1n) is 5.71. The van der Waals surface area contributed by atoms with Gasteiger partial charge >= 0.3 is 10.8 Å². The molecule has 7 heteroatoms. The molecule has 0 aromatic carbocycles. The van der Waals surface area contributed by atoms with E-state index in [4.69, 9.17) is 5.11 Å². The van der Waals surface area contributed by atoms with Gasteiger partial charge in [-0.05, 0) is 19.8 Å². The lowest BCUT2D eigenvalue weighted by Crippen LogP contribution is -2.42. The highest BCUT2D eigenvalue weighted by molar-refractivity contribution is 7.11. The topological polar surface area (TPSA) is 90.5 Å². The first-order valence-corrected chi connectivity index (χ1v) is 6.52. The number of nitrogens with one attached hydrogen (secondary N) is 1. The van der Waals surface area contributed by atoms with Crippen LogP contribution in [0.25, 0.3) is 0 Å². The van der Waals surface area contributed by atoms with Gasteiger partial charge in [0.25, 0.3) is 5.91 Å². The molecule has 1 aliphatic rings. The summed E-state index contributed by atoms with van der Waals surface area (Å²) in [7, 11) is 0. The van der Waals surface area contributed by atoms with Gasteiger partial charge < -0.3 is 15.0 Å². The van der Waals surface area contributed by atoms with Crippen molar-refractivity contribution in [2.75, 3.05) is 13.1 Å². The SMILES string of the molecule is Cc1[nH]c(=O)sc1C(=O)N1CCCC(C(=O)O)C1. The third-order valence-electron chi connectivity index (χ3n) is 3.08. The van der Waals surface area contributed by atoms with Crippen LogP contribution < -0.4 is 4.87 Å². The second-order valence-electron chi connectivity index (χ2n) is 4.40. The molecule has 2 heterocycles. The average molecular weight is 270 g/mol. The van der Waals surface area contributed by atoms with Gasteiger partial charge in [0.15, 0.2) is 0 Å². The van der Waals surface area contributed by atoms with Crippen LogP contribution in [0.4, 0.5) is 0 Å². The maximum Gasteiger partial charge on any atom is 0.308 e. The number of carboxylic acid groups (broad SMARTS) is 1. The van der Waals surface area contributed by atoms with E-state index in [0.29, 0.717) is 30.0 Å². The minimum Gasteiger partial charge on any atom is -0.481 e. The zero-order valence-corrected chi connectivity index (χ0v) is 10.7. The Bertz CT molecular complexity index is 533. The molecular weight excluding hydrogens is 256 g/mol. The Balaban J connectivity index is 2.16. The number of hydrogen-bond donors (Lipinski definition) is 2. The molecular formula is C11H14N2O4S. The highest BCUT2D eigenvalue weighted by Crippen LogP contribution is 2.20. The quantitative estimate of drug-likeness (QED) is 0.827. The van der Waals surface area contributed by atoms with E-state index in [1.807, 2.05) is 0 Å². The predicted octanol–water partition coefficient (Wildman–Crippen LogP) is 0.682. The van der Waals surface area contributed by atoms with Gasteiger partial charge in [-0.15, -0.1) is 0 Å². The number of thiazole rings is 1. The van der Waals surface area contributed by atoms with Gasteiger partial charge in [-0.25, -0.2) is 0 Å². The fourth-order valence-corrected chi connectivity index (χ4v) is 2.93. The fourth-order valence-electron chi connectivity index (χ4n) is 2.12. The van der Waals surface area contributed by atoms with E-state index >= 15 is 0 Å². The molecule has 98 valence electrons. The van der Waals surface area contributed by atoms with Crippen molar-refractivity contribution < 1.29 is 14.7 Å². The molecule has 1 amide bonds. The summed E-state index contributed by atoms with van der Waals surface area (Å²) in [6.07, 6.45) is 1.28. The lowest BCUT2D eigenvalue weighted by molar-refractivity contribution is -0.143. The van der Waals surface area contributed by atoms with Crippen molar-refractivity contribution >= 4 is 23.2 Å². The molecule has 0 bridgehead atoms. The summed E-state index contributed by atoms with van der Waals surface area (Å²) in [5.41, 5.74) is 0.549. The summed E-state index contributed by atoms with van der Waals surface area (Å²) in [4.78, 5) is 38.5. The van der Waals surface area contributed by atoms with Crippen molar-refractivity contribution in [2.24, 2.45) is 5.92 Å². The predicted molar refractivity (Wildman–Crippen MR) is 65.9 cm³/mol. The molecule has 2 N–H and O–H groups in total. The number of likely N-dealkylation sites (tertiary alicyclic amines) is 1. The Labute approximate surface area is 107 Å². The monoisotopic (exact) mass is 270 g/mol. The van der Waals surface area contributed by atoms with Crippen molar-refractivity contribution in [1.29, 1.82) is 0 Å². The van der Waals surface area contributed by atoms with Crippen LogP contribution in [0.5, 0.6) is 0 Å². The smallest absolute Gasteiger partial charge is 0.308 e. The Morgan fingerprint density at radius 2 is 2.22 bits per heavy atom. The highest BCUT2D eigenvalue weighted by Gasteiger charge is 2.30. The largest absolute Gasteiger partial charge is 0.481 e. The Kier molecular flexibility index (Phi) is 3.51. The molecule has 0 spiro atoms. The van der Waals surface area contributed by atoms with Crippen molar-refractivity contribution in [2.45, 2.75) is 19.8 Å². The number of piperidine rings is 1. The number of aliphatic carboxylic acids is 1. The summed E-state index contributed by atoms with van der Waals surface area (Å²) in [5, 5.41) is 8.98. The van der Waals surface area contributed by atoms with Crippen LogP contribution in [0.15, 0.2) is 4.79 Å². The first kappa shape index (κ1) is 12.8. The Morgan fingerprint density at radius 1 is 1.50 bits per heavy atom. The van der Waals surface area contributed by atoms with Crippen LogP contribution in [0, 0.1) is 12.8 Å². The molecule has 1 unspecified atom stereocenters. The lowest BCUT2D eigenvalue weighted by Gasteiger charge is -2.30. The zero-order chi connectivity index (χ0) is 13.3. The summed E-state index contributed by atoms with van der Waals surface area (Å²) in [5.74, 6) is -1.62. The summed E-state index contributed by atoms with van der Waals surface area (Å²) < 4.78 is 0. The molecule has 18 heavy (non-hydrogen) atoms. The third kappa shape index (κ3) is 2.45. The Morgan fingerprint density at radius 3 is 2.78 bits per heavy atom. The van der Waals surface area contributed by atoms with E-state index in [2.05, 4.69) is 4.98 Å². The number of carboxylic acids is 1. The van der Waals surface area contributed by atoms with Gasteiger partial charge in [0.1, 0.15) is 4.88 Å². The van der Waals surface area contributed by atoms with Crippen LogP contribution in [-0.2, 0) is 4.79 Å². The highest BCUT2D eigenvalue weighted by atomic mass is 32.1. The van der Waals surface area contributed by atoms with Gasteiger partial charge in [0.05, 0.1) is 5.92 Å². The van der Waals surface area contributed by atoms with Crippen molar-refractivity contribution in [3.63, 3.8) is 0 Å². The van der Waals surface area contributed by atoms with E-state index in [1.165, 1.54) is 4.90 Å². The zero-order valence-electron chi connectivity index (χ0n) is 9.93. The number of aromatic nitrogens is 1. The third-order valence-corrected chi connectivity index (χ3v) is 4.05. The van der Waals surface area contributed by atoms with E-state index in [0.717, 1.165) is 11.3 Å². The molecule has 0 saturated carbocycles. The molecule has 1 aliphatic heterocycles. The van der Waals surface area contributed by atoms with Crippen molar-refractivity contribution in [1.82, 2.24) is 9.88 Å². The van der Waals surface area contributed by atoms with Crippen LogP contribution in [0.2, 0.25) is 0 Å². The molecule has 1 fully saturated rings. The van der Waals surface area contributed by atoms with Gasteiger partial charge in [0.2, 0.25) is 0 Å². The number of hydrogen-bond acceptors (Lipinski definition) is 4. The van der Waals surface area contributed by atoms with Gasteiger partial charge in [0, 0.05) is 18.8 Å². The number of aryl methyl sites for hydroxylation is 1. The standard InChI is InChI=1S/C11H14N2O4S/c1-6-8(18-11(17)12-6)9(14)13-4-2-3-7(5-13)10(15)16/h7H,2-5H2,1H3,(H,12,17)(H,15,16). The molecule has 1 aromatic rings. The van der Waals surface area contributed by atoms with E-state index in [-0.39, 0.29) is 17.3 Å². The molecule has 0 aliphatic carbocycles. The second kappa shape index (κ2) is 4.93. The first-order chi connectivity index (χ1) is 8.49. The van der Waals surface area contributed by atoms with Gasteiger partial charge in [-0.1, -0.05) is 11.3 Å². The second-order valence-corrected chi connectivity index (χ2v) is 5.38. The van der Waals surface area contributed by atoms with Crippen molar-refractivity contribution in [3.05, 3.63) is 20.2 Å². The summed E-state index contributed by atoms with van der Waals surface area (Å²) >= 11 is 0.876. The molecule has 2 rings (SSSR count). The summed E-state index contributed by atoms with van der Waals surface area (Å²) in [6.45, 7) is 2.44. The molecule has 1 atom stereocenters. The molecule has 6 nitrogen and oxygen atoms in total. The minimum atomic E-state index is -0.869. The van der Waals surface area contributed by atoms with E-state index < -0.39 is 11.9 Å². The van der Waals surface area contributed by atoms with Crippen LogP contribution in [0.1, 0.15) is 28.2 Å². The van der Waals surface area contributed by atoms with Gasteiger partial charge in [-0.2, -0.15) is 0 Å². The number of amides is 1. The molecule has 0 radical (unpaired) electrons. The van der Waals surface area contributed by atoms with Crippen LogP contribution in [0.3, 0.4) is 0 Å². The number of rotatable bonds is 2. The number of nitrogens with zero attached hydrogens (tertiary/aromatic N) is 1. The van der Waals surface area contributed by atoms with E-state index in [9.17, 15) is 14.4 Å². The maximum absolute atomic E-state index is 12.2.